The molecule has 0 aliphatic carbocycles. The second-order valence-electron chi connectivity index (χ2n) is 4.10. The third kappa shape index (κ3) is 2.24. The lowest BCUT2D eigenvalue weighted by atomic mass is 10.1. The minimum atomic E-state index is -0.790. The van der Waals surface area contributed by atoms with Gasteiger partial charge in [-0.3, -0.25) is 9.69 Å². The van der Waals surface area contributed by atoms with Gasteiger partial charge in [0.15, 0.2) is 5.76 Å². The summed E-state index contributed by atoms with van der Waals surface area (Å²) in [5.41, 5.74) is 0.928. The summed E-state index contributed by atoms with van der Waals surface area (Å²) >= 11 is 0. The topological polar surface area (TPSA) is 66.6 Å². The standard InChI is InChI=1S/C11H16N2O3/c1-2-8-6-10(16-12-8)9-4-3-5-13(9)7-11(14)15/h6,9H,2-5,7H2,1H3,(H,14,15)/t9-/m1/s1. The minimum absolute atomic E-state index is 0.0762. The fourth-order valence-electron chi connectivity index (χ4n) is 2.16. The summed E-state index contributed by atoms with van der Waals surface area (Å²) in [6, 6.07) is 2.02. The van der Waals surface area contributed by atoms with E-state index < -0.39 is 5.97 Å². The van der Waals surface area contributed by atoms with Gasteiger partial charge in [0.2, 0.25) is 0 Å². The normalized spacial score (nSPS) is 21.4. The SMILES string of the molecule is CCc1cc([C@H]2CCCN2CC(=O)O)on1. The number of aryl methyl sites for hydroxylation is 1. The van der Waals surface area contributed by atoms with Crippen molar-refractivity contribution in [3.8, 4) is 0 Å². The zero-order valence-electron chi connectivity index (χ0n) is 9.35. The summed E-state index contributed by atoms with van der Waals surface area (Å²) in [7, 11) is 0. The van der Waals surface area contributed by atoms with E-state index in [1.165, 1.54) is 0 Å². The van der Waals surface area contributed by atoms with Gasteiger partial charge in [-0.1, -0.05) is 12.1 Å². The molecule has 5 heteroatoms. The van der Waals surface area contributed by atoms with E-state index in [4.69, 9.17) is 9.63 Å². The zero-order valence-corrected chi connectivity index (χ0v) is 9.35. The highest BCUT2D eigenvalue weighted by molar-refractivity contribution is 5.69. The van der Waals surface area contributed by atoms with Crippen molar-refractivity contribution in [3.05, 3.63) is 17.5 Å². The molecule has 0 radical (unpaired) electrons. The number of aromatic nitrogens is 1. The Balaban J connectivity index is 2.09. The van der Waals surface area contributed by atoms with E-state index in [0.717, 1.165) is 37.3 Å². The third-order valence-electron chi connectivity index (χ3n) is 2.97. The number of carboxylic acids is 1. The van der Waals surface area contributed by atoms with Gasteiger partial charge in [-0.25, -0.2) is 0 Å². The van der Waals surface area contributed by atoms with Gasteiger partial charge in [-0.15, -0.1) is 0 Å². The summed E-state index contributed by atoms with van der Waals surface area (Å²) in [4.78, 5) is 12.6. The lowest BCUT2D eigenvalue weighted by Gasteiger charge is -2.19. The zero-order chi connectivity index (χ0) is 11.5. The molecule has 1 aromatic rings. The molecule has 2 heterocycles. The van der Waals surface area contributed by atoms with Gasteiger partial charge in [0.1, 0.15) is 0 Å². The molecule has 1 fully saturated rings. The Morgan fingerprint density at radius 2 is 2.56 bits per heavy atom. The number of rotatable bonds is 4. The molecule has 1 aliphatic heterocycles. The van der Waals surface area contributed by atoms with Gasteiger partial charge in [0.05, 0.1) is 18.3 Å². The molecule has 1 aromatic heterocycles. The summed E-state index contributed by atoms with van der Waals surface area (Å²) < 4.78 is 5.27. The van der Waals surface area contributed by atoms with Gasteiger partial charge < -0.3 is 9.63 Å². The summed E-state index contributed by atoms with van der Waals surface area (Å²) in [6.07, 6.45) is 2.81. The fraction of sp³-hybridized carbons (Fsp3) is 0.636. The number of nitrogens with zero attached hydrogens (tertiary/aromatic N) is 2. The van der Waals surface area contributed by atoms with Gasteiger partial charge in [0, 0.05) is 6.07 Å². The summed E-state index contributed by atoms with van der Waals surface area (Å²) in [5.74, 6) is 0.0118. The Morgan fingerprint density at radius 1 is 1.75 bits per heavy atom. The van der Waals surface area contributed by atoms with Crippen LogP contribution in [0.25, 0.3) is 0 Å². The highest BCUT2D eigenvalue weighted by atomic mass is 16.5. The molecular weight excluding hydrogens is 208 g/mol. The molecule has 2 rings (SSSR count). The van der Waals surface area contributed by atoms with E-state index >= 15 is 0 Å². The number of aliphatic carboxylic acids is 1. The van der Waals surface area contributed by atoms with Gasteiger partial charge in [-0.2, -0.15) is 0 Å². The fourth-order valence-corrected chi connectivity index (χ4v) is 2.16. The molecule has 1 atom stereocenters. The minimum Gasteiger partial charge on any atom is -0.480 e. The van der Waals surface area contributed by atoms with Crippen LogP contribution in [0.15, 0.2) is 10.6 Å². The number of carboxylic acid groups (broad SMARTS) is 1. The molecule has 0 aromatic carbocycles. The lowest BCUT2D eigenvalue weighted by molar-refractivity contribution is -0.138. The molecular formula is C11H16N2O3. The summed E-state index contributed by atoms with van der Waals surface area (Å²) in [6.45, 7) is 2.91. The largest absolute Gasteiger partial charge is 0.480 e. The van der Waals surface area contributed by atoms with Crippen LogP contribution in [-0.2, 0) is 11.2 Å². The van der Waals surface area contributed by atoms with Gasteiger partial charge in [0.25, 0.3) is 0 Å². The van der Waals surface area contributed by atoms with Crippen LogP contribution in [0.5, 0.6) is 0 Å². The van der Waals surface area contributed by atoms with Crippen molar-refractivity contribution in [1.29, 1.82) is 0 Å². The second-order valence-corrected chi connectivity index (χ2v) is 4.10. The van der Waals surface area contributed by atoms with Crippen LogP contribution in [0, 0.1) is 0 Å². The Kier molecular flexibility index (Phi) is 3.24. The molecule has 1 N–H and O–H groups in total. The number of carbonyl (C=O) groups is 1. The molecule has 0 amide bonds. The number of likely N-dealkylation sites (tertiary alicyclic amines) is 1. The first-order valence-electron chi connectivity index (χ1n) is 5.62. The first kappa shape index (κ1) is 11.1. The smallest absolute Gasteiger partial charge is 0.317 e. The van der Waals surface area contributed by atoms with E-state index in [-0.39, 0.29) is 12.6 Å². The molecule has 5 nitrogen and oxygen atoms in total. The average molecular weight is 224 g/mol. The maximum Gasteiger partial charge on any atom is 0.317 e. The Bertz CT molecular complexity index is 375. The van der Waals surface area contributed by atoms with E-state index in [1.54, 1.807) is 0 Å². The Morgan fingerprint density at radius 3 is 3.19 bits per heavy atom. The molecule has 0 saturated carbocycles. The van der Waals surface area contributed by atoms with Gasteiger partial charge in [-0.05, 0) is 25.8 Å². The summed E-state index contributed by atoms with van der Waals surface area (Å²) in [5, 5.41) is 12.7. The first-order valence-corrected chi connectivity index (χ1v) is 5.62. The van der Waals surface area contributed by atoms with Gasteiger partial charge >= 0.3 is 5.97 Å². The van der Waals surface area contributed by atoms with Crippen molar-refractivity contribution in [2.75, 3.05) is 13.1 Å². The van der Waals surface area contributed by atoms with Crippen LogP contribution in [0.1, 0.15) is 37.3 Å². The van der Waals surface area contributed by atoms with Crippen molar-refractivity contribution < 1.29 is 14.4 Å². The van der Waals surface area contributed by atoms with E-state index in [1.807, 2.05) is 17.9 Å². The number of hydrogen-bond acceptors (Lipinski definition) is 4. The highest BCUT2D eigenvalue weighted by Gasteiger charge is 2.30. The van der Waals surface area contributed by atoms with Crippen LogP contribution < -0.4 is 0 Å². The van der Waals surface area contributed by atoms with Crippen molar-refractivity contribution in [3.63, 3.8) is 0 Å². The number of hydrogen-bond donors (Lipinski definition) is 1. The molecule has 0 spiro atoms. The van der Waals surface area contributed by atoms with Crippen LogP contribution in [-0.4, -0.2) is 34.2 Å². The molecule has 0 unspecified atom stereocenters. The molecule has 0 bridgehead atoms. The Labute approximate surface area is 94.0 Å². The van der Waals surface area contributed by atoms with Crippen LogP contribution in [0.3, 0.4) is 0 Å². The van der Waals surface area contributed by atoms with E-state index in [2.05, 4.69) is 5.16 Å². The maximum atomic E-state index is 10.7. The first-order chi connectivity index (χ1) is 7.70. The van der Waals surface area contributed by atoms with Crippen molar-refractivity contribution in [1.82, 2.24) is 10.1 Å². The van der Waals surface area contributed by atoms with E-state index in [0.29, 0.717) is 0 Å². The van der Waals surface area contributed by atoms with Crippen molar-refractivity contribution >= 4 is 5.97 Å². The monoisotopic (exact) mass is 224 g/mol. The van der Waals surface area contributed by atoms with Crippen molar-refractivity contribution in [2.24, 2.45) is 0 Å². The molecule has 16 heavy (non-hydrogen) atoms. The van der Waals surface area contributed by atoms with Crippen LogP contribution in [0.4, 0.5) is 0 Å². The lowest BCUT2D eigenvalue weighted by Crippen LogP contribution is -2.29. The van der Waals surface area contributed by atoms with Crippen LogP contribution in [0.2, 0.25) is 0 Å². The average Bonchev–Trinajstić information content (AvgIpc) is 2.84. The highest BCUT2D eigenvalue weighted by Crippen LogP contribution is 2.31. The molecule has 1 aliphatic rings. The van der Waals surface area contributed by atoms with E-state index in [9.17, 15) is 4.79 Å². The second kappa shape index (κ2) is 4.65. The van der Waals surface area contributed by atoms with Crippen molar-refractivity contribution in [2.45, 2.75) is 32.2 Å². The predicted octanol–water partition coefficient (Wildman–Crippen LogP) is 1.46. The third-order valence-corrected chi connectivity index (χ3v) is 2.97. The molecule has 88 valence electrons. The Hall–Kier alpha value is -1.36. The predicted molar refractivity (Wildman–Crippen MR) is 57.1 cm³/mol. The molecule has 1 saturated heterocycles. The van der Waals surface area contributed by atoms with Crippen LogP contribution >= 0.6 is 0 Å². The quantitative estimate of drug-likeness (QED) is 0.838. The maximum absolute atomic E-state index is 10.7.